The first-order chi connectivity index (χ1) is 11.9. The van der Waals surface area contributed by atoms with Gasteiger partial charge in [0.05, 0.1) is 18.1 Å². The minimum absolute atomic E-state index is 0.00185. The predicted octanol–water partition coefficient (Wildman–Crippen LogP) is 2.22. The Morgan fingerprint density at radius 3 is 2.68 bits per heavy atom. The molecule has 0 saturated carbocycles. The normalized spacial score (nSPS) is 25.1. The maximum Gasteiger partial charge on any atom is 0.322 e. The molecule has 6 nitrogen and oxygen atoms in total. The maximum atomic E-state index is 12.9. The highest BCUT2D eigenvalue weighted by Gasteiger charge is 2.45. The second-order valence-corrected chi connectivity index (χ2v) is 7.12. The summed E-state index contributed by atoms with van der Waals surface area (Å²) in [4.78, 5) is 26.4. The van der Waals surface area contributed by atoms with Gasteiger partial charge >= 0.3 is 6.03 Å². The van der Waals surface area contributed by atoms with Crippen LogP contribution in [0.2, 0.25) is 0 Å². The zero-order chi connectivity index (χ0) is 18.0. The highest BCUT2D eigenvalue weighted by atomic mass is 19.1. The smallest absolute Gasteiger partial charge is 0.322 e. The Balaban J connectivity index is 1.57. The number of ether oxygens (including phenoxy) is 1. The van der Waals surface area contributed by atoms with Crippen molar-refractivity contribution in [3.8, 4) is 0 Å². The number of benzene rings is 1. The van der Waals surface area contributed by atoms with Gasteiger partial charge in [0, 0.05) is 25.3 Å². The second kappa shape index (κ2) is 7.39. The molecule has 0 unspecified atom stereocenters. The molecule has 2 heterocycles. The zero-order valence-corrected chi connectivity index (χ0v) is 14.5. The van der Waals surface area contributed by atoms with E-state index in [0.29, 0.717) is 37.7 Å². The molecule has 7 heteroatoms. The molecule has 2 fully saturated rings. The van der Waals surface area contributed by atoms with E-state index in [4.69, 9.17) is 4.74 Å². The minimum Gasteiger partial charge on any atom is -0.370 e. The van der Waals surface area contributed by atoms with E-state index in [2.05, 4.69) is 10.6 Å². The average Bonchev–Trinajstić information content (AvgIpc) is 2.88. The summed E-state index contributed by atoms with van der Waals surface area (Å²) >= 11 is 0. The molecule has 0 aliphatic carbocycles. The van der Waals surface area contributed by atoms with Gasteiger partial charge < -0.3 is 20.3 Å². The van der Waals surface area contributed by atoms with Gasteiger partial charge in [0.1, 0.15) is 5.82 Å². The Morgan fingerprint density at radius 1 is 1.28 bits per heavy atom. The van der Waals surface area contributed by atoms with Crippen molar-refractivity contribution in [3.63, 3.8) is 0 Å². The van der Waals surface area contributed by atoms with Crippen LogP contribution in [0.25, 0.3) is 0 Å². The highest BCUT2D eigenvalue weighted by molar-refractivity contribution is 5.89. The van der Waals surface area contributed by atoms with Crippen LogP contribution in [0.1, 0.15) is 20.3 Å². The molecule has 25 heavy (non-hydrogen) atoms. The number of urea groups is 1. The molecule has 136 valence electrons. The van der Waals surface area contributed by atoms with Crippen LogP contribution in [0, 0.1) is 17.7 Å². The second-order valence-electron chi connectivity index (χ2n) is 7.12. The molecule has 2 bridgehead atoms. The Kier molecular flexibility index (Phi) is 5.22. The Labute approximate surface area is 146 Å². The van der Waals surface area contributed by atoms with Gasteiger partial charge in [0.15, 0.2) is 0 Å². The molecule has 2 N–H and O–H groups in total. The van der Waals surface area contributed by atoms with Crippen molar-refractivity contribution in [1.29, 1.82) is 0 Å². The first kappa shape index (κ1) is 17.7. The van der Waals surface area contributed by atoms with Crippen molar-refractivity contribution in [2.75, 3.05) is 25.0 Å². The summed E-state index contributed by atoms with van der Waals surface area (Å²) in [6.45, 7) is 5.57. The predicted molar refractivity (Wildman–Crippen MR) is 91.6 cm³/mol. The highest BCUT2D eigenvalue weighted by Crippen LogP contribution is 2.32. The van der Waals surface area contributed by atoms with Crippen LogP contribution < -0.4 is 10.6 Å². The number of rotatable bonds is 4. The van der Waals surface area contributed by atoms with Crippen molar-refractivity contribution in [3.05, 3.63) is 30.1 Å². The van der Waals surface area contributed by atoms with Crippen molar-refractivity contribution in [1.82, 2.24) is 10.2 Å². The van der Waals surface area contributed by atoms with Crippen molar-refractivity contribution >= 4 is 17.6 Å². The molecule has 3 atom stereocenters. The maximum absolute atomic E-state index is 12.9. The van der Waals surface area contributed by atoms with E-state index in [-0.39, 0.29) is 35.9 Å². The largest absolute Gasteiger partial charge is 0.370 e. The third-order valence-electron chi connectivity index (χ3n) is 4.56. The Morgan fingerprint density at radius 2 is 2.00 bits per heavy atom. The number of hydrogen-bond acceptors (Lipinski definition) is 3. The van der Waals surface area contributed by atoms with E-state index >= 15 is 0 Å². The van der Waals surface area contributed by atoms with Crippen molar-refractivity contribution in [2.24, 2.45) is 11.8 Å². The zero-order valence-electron chi connectivity index (χ0n) is 14.5. The molecule has 2 aliphatic heterocycles. The molecule has 0 aromatic heterocycles. The fourth-order valence-electron chi connectivity index (χ4n) is 3.27. The Hall–Kier alpha value is -2.15. The fourth-order valence-corrected chi connectivity index (χ4v) is 3.27. The standard InChI is InChI=1S/C18H24FN3O3/c1-11(2)8-20-17(23)15-7-14-9-22(10-16(15)25-14)18(24)21-13-5-3-12(19)4-6-13/h3-6,11,14-16H,7-10H2,1-2H3,(H,20,23)(H,21,24)/t14-,15+,16-/m0/s1. The fraction of sp³-hybridized carbons (Fsp3) is 0.556. The number of halogens is 1. The Bertz CT molecular complexity index is 635. The van der Waals surface area contributed by atoms with Gasteiger partial charge in [0.25, 0.3) is 0 Å². The van der Waals surface area contributed by atoms with Gasteiger partial charge in [-0.05, 0) is 36.6 Å². The average molecular weight is 349 g/mol. The monoisotopic (exact) mass is 349 g/mol. The summed E-state index contributed by atoms with van der Waals surface area (Å²) in [7, 11) is 0. The first-order valence-corrected chi connectivity index (χ1v) is 8.67. The van der Waals surface area contributed by atoms with Gasteiger partial charge in [0.2, 0.25) is 5.91 Å². The number of hydrogen-bond donors (Lipinski definition) is 2. The van der Waals surface area contributed by atoms with Gasteiger partial charge in [-0.3, -0.25) is 4.79 Å². The number of morpholine rings is 1. The summed E-state index contributed by atoms with van der Waals surface area (Å²) in [5.74, 6) is -0.171. The number of amides is 3. The molecule has 2 aliphatic rings. The molecule has 0 spiro atoms. The van der Waals surface area contributed by atoms with Crippen molar-refractivity contribution < 1.29 is 18.7 Å². The molecule has 1 aromatic rings. The lowest BCUT2D eigenvalue weighted by Crippen LogP contribution is -2.49. The summed E-state index contributed by atoms with van der Waals surface area (Å²) < 4.78 is 18.8. The minimum atomic E-state index is -0.349. The SMILES string of the molecule is CC(C)CNC(=O)[C@@H]1C[C@H]2CN(C(=O)Nc3ccc(F)cc3)C[C@@H]1O2. The first-order valence-electron chi connectivity index (χ1n) is 8.67. The third kappa shape index (κ3) is 4.28. The topological polar surface area (TPSA) is 70.7 Å². The lowest BCUT2D eigenvalue weighted by Gasteiger charge is -2.32. The summed E-state index contributed by atoms with van der Waals surface area (Å²) in [5.41, 5.74) is 0.538. The van der Waals surface area contributed by atoms with Crippen molar-refractivity contribution in [2.45, 2.75) is 32.5 Å². The lowest BCUT2D eigenvalue weighted by molar-refractivity contribution is -0.127. The van der Waals surface area contributed by atoms with E-state index in [0.717, 1.165) is 0 Å². The van der Waals surface area contributed by atoms with Crippen LogP contribution in [-0.2, 0) is 9.53 Å². The number of fused-ring (bicyclic) bond motifs is 2. The van der Waals surface area contributed by atoms with Crippen LogP contribution >= 0.6 is 0 Å². The van der Waals surface area contributed by atoms with Crippen LogP contribution in [0.4, 0.5) is 14.9 Å². The lowest BCUT2D eigenvalue weighted by atomic mass is 9.99. The number of carbonyl (C=O) groups excluding carboxylic acids is 2. The molecular weight excluding hydrogens is 325 g/mol. The van der Waals surface area contributed by atoms with E-state index in [1.54, 1.807) is 4.90 Å². The summed E-state index contributed by atoms with van der Waals surface area (Å²) in [5, 5.41) is 5.71. The third-order valence-corrected chi connectivity index (χ3v) is 4.56. The van der Waals surface area contributed by atoms with Gasteiger partial charge in [-0.1, -0.05) is 13.8 Å². The van der Waals surface area contributed by atoms with E-state index < -0.39 is 0 Å². The molecular formula is C18H24FN3O3. The molecule has 3 amide bonds. The number of anilines is 1. The quantitative estimate of drug-likeness (QED) is 0.876. The van der Waals surface area contributed by atoms with E-state index in [9.17, 15) is 14.0 Å². The number of carbonyl (C=O) groups is 2. The summed E-state index contributed by atoms with van der Waals surface area (Å²) in [6, 6.07) is 5.38. The number of nitrogens with one attached hydrogen (secondary N) is 2. The number of likely N-dealkylation sites (tertiary alicyclic amines) is 1. The van der Waals surface area contributed by atoms with Crippen LogP contribution in [-0.4, -0.2) is 48.7 Å². The molecule has 1 aromatic carbocycles. The molecule has 0 radical (unpaired) electrons. The van der Waals surface area contributed by atoms with Gasteiger partial charge in [-0.25, -0.2) is 9.18 Å². The van der Waals surface area contributed by atoms with Crippen LogP contribution in [0.15, 0.2) is 24.3 Å². The van der Waals surface area contributed by atoms with Gasteiger partial charge in [-0.15, -0.1) is 0 Å². The van der Waals surface area contributed by atoms with E-state index in [1.165, 1.54) is 24.3 Å². The van der Waals surface area contributed by atoms with E-state index in [1.807, 2.05) is 13.8 Å². The molecule has 3 rings (SSSR count). The summed E-state index contributed by atoms with van der Waals surface area (Å²) in [6.07, 6.45) is 0.243. The van der Waals surface area contributed by atoms with Gasteiger partial charge in [-0.2, -0.15) is 0 Å². The number of nitrogens with zero attached hydrogens (tertiary/aromatic N) is 1. The van der Waals surface area contributed by atoms with Crippen LogP contribution in [0.5, 0.6) is 0 Å². The molecule has 2 saturated heterocycles. The van der Waals surface area contributed by atoms with Crippen LogP contribution in [0.3, 0.4) is 0 Å².